The molecule has 2 aromatic carbocycles. The Balaban J connectivity index is 2.22. The average Bonchev–Trinajstić information content (AvgIpc) is 2.64. The van der Waals surface area contributed by atoms with Crippen LogP contribution in [0.25, 0.3) is 10.8 Å². The van der Waals surface area contributed by atoms with E-state index >= 15 is 0 Å². The van der Waals surface area contributed by atoms with Gasteiger partial charge in [0.2, 0.25) is 0 Å². The topological polar surface area (TPSA) is 64.9 Å². The number of nitrogens with zero attached hydrogens (tertiary/aromatic N) is 2. The van der Waals surface area contributed by atoms with E-state index in [2.05, 4.69) is 26.5 Å². The molecule has 0 radical (unpaired) electrons. The Kier molecular flexibility index (Phi) is 7.49. The summed E-state index contributed by atoms with van der Waals surface area (Å²) >= 11 is 4.64. The van der Waals surface area contributed by atoms with Crippen LogP contribution in [0, 0.1) is 5.82 Å². The van der Waals surface area contributed by atoms with E-state index in [-0.39, 0.29) is 5.82 Å². The van der Waals surface area contributed by atoms with Crippen LogP contribution in [0.2, 0.25) is 0 Å². The highest BCUT2D eigenvalue weighted by atomic mass is 79.9. The number of hydrogen-bond donors (Lipinski definition) is 2. The van der Waals surface area contributed by atoms with Gasteiger partial charge in [-0.3, -0.25) is 4.79 Å². The molecule has 0 atom stereocenters. The Bertz CT molecular complexity index is 845. The van der Waals surface area contributed by atoms with Crippen molar-refractivity contribution in [1.29, 1.82) is 0 Å². The summed E-state index contributed by atoms with van der Waals surface area (Å²) in [5.41, 5.74) is 4.27. The summed E-state index contributed by atoms with van der Waals surface area (Å²) in [4.78, 5) is 13.4. The summed E-state index contributed by atoms with van der Waals surface area (Å²) in [5.74, 6) is -1.14. The van der Waals surface area contributed by atoms with Gasteiger partial charge in [0.05, 0.1) is 5.45 Å². The first kappa shape index (κ1) is 21.5. The summed E-state index contributed by atoms with van der Waals surface area (Å²) in [6.45, 7) is 3.89. The number of carboxylic acids is 1. The van der Waals surface area contributed by atoms with Crippen molar-refractivity contribution in [3.8, 4) is 0 Å². The van der Waals surface area contributed by atoms with Crippen LogP contribution in [0.15, 0.2) is 41.5 Å². The number of thioether (sulfide) groups is 1. The molecule has 0 heterocycles. The van der Waals surface area contributed by atoms with E-state index < -0.39 is 10.7 Å². The Hall–Kier alpha value is -1.80. The minimum absolute atomic E-state index is 0.233. The zero-order valence-corrected chi connectivity index (χ0v) is 17.9. The second kappa shape index (κ2) is 9.41. The molecule has 0 aliphatic heterocycles. The predicted octanol–water partition coefficient (Wildman–Crippen LogP) is 4.26. The van der Waals surface area contributed by atoms with Gasteiger partial charge < -0.3 is 15.4 Å². The summed E-state index contributed by atoms with van der Waals surface area (Å²) in [6, 6.07) is 10.7. The van der Waals surface area contributed by atoms with Gasteiger partial charge in [0.1, 0.15) is 10.6 Å². The number of benzene rings is 2. The van der Waals surface area contributed by atoms with Gasteiger partial charge >= 0.3 is 5.97 Å². The van der Waals surface area contributed by atoms with Gasteiger partial charge in [-0.2, -0.15) is 5.10 Å². The van der Waals surface area contributed by atoms with E-state index in [1.807, 2.05) is 23.1 Å². The molecule has 146 valence electrons. The van der Waals surface area contributed by atoms with E-state index in [0.717, 1.165) is 10.9 Å². The van der Waals surface area contributed by atoms with Crippen LogP contribution in [0.5, 0.6) is 0 Å². The van der Waals surface area contributed by atoms with Crippen molar-refractivity contribution in [2.45, 2.75) is 25.0 Å². The summed E-state index contributed by atoms with van der Waals surface area (Å²) in [5, 5.41) is 15.7. The molecule has 0 amide bonds. The maximum absolute atomic E-state index is 14.0. The number of hydrazone groups is 1. The first-order valence-corrected chi connectivity index (χ1v) is 10.4. The largest absolute Gasteiger partial charge is 0.480 e. The predicted molar refractivity (Wildman–Crippen MR) is 114 cm³/mol. The van der Waals surface area contributed by atoms with Crippen molar-refractivity contribution in [2.75, 3.05) is 19.0 Å². The highest BCUT2D eigenvalue weighted by Gasteiger charge is 2.32. The third-order valence-corrected chi connectivity index (χ3v) is 5.92. The van der Waals surface area contributed by atoms with Crippen molar-refractivity contribution >= 4 is 49.6 Å². The molecule has 2 N–H and O–H groups in total. The number of fused-ring (bicyclic) bond motifs is 1. The Labute approximate surface area is 171 Å². The zero-order chi connectivity index (χ0) is 20.0. The van der Waals surface area contributed by atoms with Gasteiger partial charge in [-0.25, -0.2) is 4.39 Å². The summed E-state index contributed by atoms with van der Waals surface area (Å²) in [6.07, 6.45) is 0.670. The second-order valence-electron chi connectivity index (χ2n) is 6.42. The molecular weight excluding hydrogens is 433 g/mol. The van der Waals surface area contributed by atoms with Crippen molar-refractivity contribution in [3.05, 3.63) is 47.8 Å². The van der Waals surface area contributed by atoms with Crippen molar-refractivity contribution in [1.82, 2.24) is 10.3 Å². The summed E-state index contributed by atoms with van der Waals surface area (Å²) in [7, 11) is 1.67. The lowest BCUT2D eigenvalue weighted by atomic mass is 10.0. The number of aliphatic carboxylic acids is 1. The van der Waals surface area contributed by atoms with Crippen LogP contribution >= 0.6 is 27.7 Å². The van der Waals surface area contributed by atoms with E-state index in [4.69, 9.17) is 0 Å². The van der Waals surface area contributed by atoms with Gasteiger partial charge in [-0.1, -0.05) is 58.0 Å². The molecule has 0 fully saturated rings. The molecule has 0 aliphatic carbocycles. The molecular formula is C19H23BrFN3O2S. The highest BCUT2D eigenvalue weighted by Crippen LogP contribution is 2.28. The Morgan fingerprint density at radius 2 is 1.96 bits per heavy atom. The number of nitrogens with one attached hydrogen (secondary N) is 1. The van der Waals surface area contributed by atoms with Gasteiger partial charge in [0.15, 0.2) is 5.17 Å². The van der Waals surface area contributed by atoms with Crippen molar-refractivity contribution in [2.24, 2.45) is 5.10 Å². The fourth-order valence-electron chi connectivity index (χ4n) is 2.53. The fraction of sp³-hybridized carbons (Fsp3) is 0.368. The van der Waals surface area contributed by atoms with Gasteiger partial charge in [0.25, 0.3) is 0 Å². The van der Waals surface area contributed by atoms with Gasteiger partial charge in [-0.15, -0.1) is 0 Å². The number of amidine groups is 1. The maximum atomic E-state index is 14.0. The quantitative estimate of drug-likeness (QED) is 0.214. The molecule has 0 spiro atoms. The lowest BCUT2D eigenvalue weighted by Gasteiger charge is -2.27. The second-order valence-corrected chi connectivity index (χ2v) is 8.51. The van der Waals surface area contributed by atoms with Crippen LogP contribution < -0.4 is 5.43 Å². The maximum Gasteiger partial charge on any atom is 0.319 e. The number of hydrogen-bond acceptors (Lipinski definition) is 4. The third-order valence-electron chi connectivity index (χ3n) is 4.10. The molecule has 0 unspecified atom stereocenters. The molecule has 0 saturated carbocycles. The molecule has 0 bridgehead atoms. The Morgan fingerprint density at radius 3 is 2.56 bits per heavy atom. The fourth-order valence-corrected chi connectivity index (χ4v) is 4.15. The molecule has 2 rings (SSSR count). The minimum atomic E-state index is -1.02. The van der Waals surface area contributed by atoms with E-state index in [9.17, 15) is 14.3 Å². The van der Waals surface area contributed by atoms with Crippen molar-refractivity contribution < 1.29 is 14.3 Å². The molecule has 2 aromatic rings. The molecule has 0 aliphatic rings. The molecule has 0 saturated heterocycles. The van der Waals surface area contributed by atoms with E-state index in [1.165, 1.54) is 17.8 Å². The van der Waals surface area contributed by atoms with E-state index in [1.54, 1.807) is 33.0 Å². The normalized spacial score (nSPS) is 12.3. The number of alkyl halides is 1. The SMILES string of the molecule is CN/N=C(/SC(C)(C)C(=O)O)N(CBr)CCc1ccc(F)c2ccccc12. The van der Waals surface area contributed by atoms with Crippen LogP contribution in [0.4, 0.5) is 4.39 Å². The highest BCUT2D eigenvalue weighted by molar-refractivity contribution is 9.09. The standard InChI is InChI=1S/C19H23BrFN3O2S/c1-19(2,17(25)26)27-18(23-22-3)24(12-20)11-10-13-8-9-16(21)15-7-5-4-6-14(13)15/h4-9,22H,10-12H2,1-3H3,(H,25,26)/b23-18+. The van der Waals surface area contributed by atoms with Crippen LogP contribution in [0.3, 0.4) is 0 Å². The number of carbonyl (C=O) groups is 1. The molecule has 27 heavy (non-hydrogen) atoms. The minimum Gasteiger partial charge on any atom is -0.480 e. The molecule has 5 nitrogen and oxygen atoms in total. The molecule has 8 heteroatoms. The lowest BCUT2D eigenvalue weighted by Crippen LogP contribution is -2.37. The smallest absolute Gasteiger partial charge is 0.319 e. The van der Waals surface area contributed by atoms with Crippen LogP contribution in [0.1, 0.15) is 19.4 Å². The monoisotopic (exact) mass is 455 g/mol. The number of rotatable bonds is 7. The third kappa shape index (κ3) is 5.35. The summed E-state index contributed by atoms with van der Waals surface area (Å²) < 4.78 is 13.0. The van der Waals surface area contributed by atoms with Gasteiger partial charge in [0, 0.05) is 19.0 Å². The number of carboxylic acid groups (broad SMARTS) is 1. The zero-order valence-electron chi connectivity index (χ0n) is 15.5. The first-order valence-electron chi connectivity index (χ1n) is 8.44. The van der Waals surface area contributed by atoms with Crippen LogP contribution in [-0.4, -0.2) is 44.9 Å². The van der Waals surface area contributed by atoms with E-state index in [0.29, 0.717) is 29.0 Å². The van der Waals surface area contributed by atoms with Crippen LogP contribution in [-0.2, 0) is 11.2 Å². The first-order chi connectivity index (χ1) is 12.8. The number of halogens is 2. The van der Waals surface area contributed by atoms with Crippen molar-refractivity contribution in [3.63, 3.8) is 0 Å². The molecule has 0 aromatic heterocycles. The average molecular weight is 456 g/mol. The lowest BCUT2D eigenvalue weighted by molar-refractivity contribution is -0.138. The Morgan fingerprint density at radius 1 is 1.30 bits per heavy atom. The van der Waals surface area contributed by atoms with Gasteiger partial charge in [-0.05, 0) is 37.3 Å².